The van der Waals surface area contributed by atoms with Crippen LogP contribution in [0.3, 0.4) is 0 Å². The van der Waals surface area contributed by atoms with Gasteiger partial charge in [-0.1, -0.05) is 0 Å². The number of hydrogen-bond acceptors (Lipinski definition) is 4. The molecule has 1 atom stereocenters. The molecule has 1 fully saturated rings. The zero-order valence-corrected chi connectivity index (χ0v) is 9.77. The summed E-state index contributed by atoms with van der Waals surface area (Å²) in [7, 11) is 0. The first-order valence-corrected chi connectivity index (χ1v) is 5.72. The molecule has 2 rings (SSSR count). The molecular weight excluding hydrogens is 234 g/mol. The van der Waals surface area contributed by atoms with E-state index < -0.39 is 0 Å². The average Bonchev–Trinajstić information content (AvgIpc) is 2.75. The minimum Gasteiger partial charge on any atom is -0.508 e. The van der Waals surface area contributed by atoms with Crippen LogP contribution in [0.15, 0.2) is 18.2 Å². The van der Waals surface area contributed by atoms with Crippen LogP contribution < -0.4 is 16.4 Å². The Morgan fingerprint density at radius 2 is 2.33 bits per heavy atom. The third-order valence-corrected chi connectivity index (χ3v) is 2.88. The van der Waals surface area contributed by atoms with Gasteiger partial charge in [0, 0.05) is 24.7 Å². The summed E-state index contributed by atoms with van der Waals surface area (Å²) in [5.74, 6) is -0.362. The van der Waals surface area contributed by atoms with E-state index in [9.17, 15) is 14.7 Å². The number of nitrogen functional groups attached to an aromatic ring is 1. The van der Waals surface area contributed by atoms with E-state index in [1.54, 1.807) is 0 Å². The van der Waals surface area contributed by atoms with Crippen molar-refractivity contribution in [2.24, 2.45) is 0 Å². The highest BCUT2D eigenvalue weighted by Gasteiger charge is 2.21. The Balaban J connectivity index is 1.95. The largest absolute Gasteiger partial charge is 0.508 e. The summed E-state index contributed by atoms with van der Waals surface area (Å²) >= 11 is 0. The highest BCUT2D eigenvalue weighted by atomic mass is 16.3. The molecule has 0 aliphatic carbocycles. The van der Waals surface area contributed by atoms with Crippen LogP contribution in [0.25, 0.3) is 0 Å². The molecule has 0 spiro atoms. The Labute approximate surface area is 104 Å². The van der Waals surface area contributed by atoms with E-state index in [2.05, 4.69) is 10.6 Å². The number of carbonyl (C=O) groups excluding carboxylic acids is 2. The number of phenolic OH excluding ortho intramolecular Hbond substituents is 1. The third-order valence-electron chi connectivity index (χ3n) is 2.88. The summed E-state index contributed by atoms with van der Waals surface area (Å²) in [5, 5.41) is 14.7. The number of carbonyl (C=O) groups is 2. The van der Waals surface area contributed by atoms with Gasteiger partial charge in [0.05, 0.1) is 5.56 Å². The van der Waals surface area contributed by atoms with E-state index in [0.29, 0.717) is 25.1 Å². The first kappa shape index (κ1) is 12.2. The van der Waals surface area contributed by atoms with E-state index in [-0.39, 0.29) is 29.2 Å². The molecule has 0 radical (unpaired) electrons. The minimum absolute atomic E-state index is 0.00567. The predicted octanol–water partition coefficient (Wildman–Crippen LogP) is -0.0172. The van der Waals surface area contributed by atoms with E-state index >= 15 is 0 Å². The van der Waals surface area contributed by atoms with Crippen LogP contribution in [-0.4, -0.2) is 29.5 Å². The fourth-order valence-corrected chi connectivity index (χ4v) is 1.88. The molecule has 6 nitrogen and oxygen atoms in total. The third kappa shape index (κ3) is 2.71. The van der Waals surface area contributed by atoms with Crippen LogP contribution in [0.2, 0.25) is 0 Å². The molecule has 0 bridgehead atoms. The quantitative estimate of drug-likeness (QED) is 0.446. The van der Waals surface area contributed by atoms with E-state index in [4.69, 9.17) is 5.73 Å². The average molecular weight is 249 g/mol. The maximum absolute atomic E-state index is 11.8. The fourth-order valence-electron chi connectivity index (χ4n) is 1.88. The molecule has 0 aromatic heterocycles. The molecular formula is C12H15N3O3. The number of hydrogen-bond donors (Lipinski definition) is 4. The molecule has 96 valence electrons. The van der Waals surface area contributed by atoms with Gasteiger partial charge in [-0.25, -0.2) is 0 Å². The van der Waals surface area contributed by atoms with Crippen molar-refractivity contribution < 1.29 is 14.7 Å². The van der Waals surface area contributed by atoms with Gasteiger partial charge in [-0.05, 0) is 24.6 Å². The number of nitrogens with two attached hydrogens (primary N) is 1. The number of amides is 2. The number of nitrogens with one attached hydrogen (secondary N) is 2. The lowest BCUT2D eigenvalue weighted by atomic mass is 10.1. The molecule has 0 saturated carbocycles. The second-order valence-electron chi connectivity index (χ2n) is 4.28. The van der Waals surface area contributed by atoms with Crippen molar-refractivity contribution in [1.29, 1.82) is 0 Å². The molecule has 1 saturated heterocycles. The minimum atomic E-state index is -0.357. The molecule has 18 heavy (non-hydrogen) atoms. The molecule has 6 heteroatoms. The summed E-state index contributed by atoms with van der Waals surface area (Å²) in [6, 6.07) is 4.18. The van der Waals surface area contributed by atoms with Gasteiger partial charge >= 0.3 is 0 Å². The Morgan fingerprint density at radius 1 is 1.56 bits per heavy atom. The standard InChI is InChI=1S/C12H15N3O3/c13-10-3-2-8(16)5-9(10)12(18)14-6-7-1-4-11(17)15-7/h2-3,5,7,16H,1,4,6,13H2,(H,14,18)(H,15,17). The van der Waals surface area contributed by atoms with Crippen molar-refractivity contribution in [3.63, 3.8) is 0 Å². The molecule has 1 heterocycles. The van der Waals surface area contributed by atoms with Crippen molar-refractivity contribution in [3.8, 4) is 5.75 Å². The van der Waals surface area contributed by atoms with Gasteiger partial charge in [-0.2, -0.15) is 0 Å². The predicted molar refractivity (Wildman–Crippen MR) is 66.0 cm³/mol. The number of benzene rings is 1. The molecule has 1 aliphatic heterocycles. The van der Waals surface area contributed by atoms with Crippen LogP contribution in [0.1, 0.15) is 23.2 Å². The molecule has 1 aliphatic rings. The lowest BCUT2D eigenvalue weighted by Crippen LogP contribution is -2.38. The highest BCUT2D eigenvalue weighted by Crippen LogP contribution is 2.18. The highest BCUT2D eigenvalue weighted by molar-refractivity contribution is 5.99. The van der Waals surface area contributed by atoms with Crippen molar-refractivity contribution in [3.05, 3.63) is 23.8 Å². The summed E-state index contributed by atoms with van der Waals surface area (Å²) < 4.78 is 0. The van der Waals surface area contributed by atoms with Gasteiger partial charge in [-0.15, -0.1) is 0 Å². The van der Waals surface area contributed by atoms with Crippen molar-refractivity contribution in [1.82, 2.24) is 10.6 Å². The zero-order chi connectivity index (χ0) is 13.1. The van der Waals surface area contributed by atoms with E-state index in [0.717, 1.165) is 0 Å². The van der Waals surface area contributed by atoms with Crippen molar-refractivity contribution in [2.45, 2.75) is 18.9 Å². The lowest BCUT2D eigenvalue weighted by Gasteiger charge is -2.12. The molecule has 1 aromatic carbocycles. The van der Waals surface area contributed by atoms with Gasteiger partial charge in [-0.3, -0.25) is 9.59 Å². The molecule has 1 unspecified atom stereocenters. The van der Waals surface area contributed by atoms with Crippen LogP contribution in [0.4, 0.5) is 5.69 Å². The summed E-state index contributed by atoms with van der Waals surface area (Å²) in [5.41, 5.74) is 6.20. The van der Waals surface area contributed by atoms with Gasteiger partial charge in [0.2, 0.25) is 5.91 Å². The van der Waals surface area contributed by atoms with Gasteiger partial charge < -0.3 is 21.5 Å². The van der Waals surface area contributed by atoms with Crippen molar-refractivity contribution in [2.75, 3.05) is 12.3 Å². The molecule has 1 aromatic rings. The molecule has 2 amide bonds. The fraction of sp³-hybridized carbons (Fsp3) is 0.333. The Kier molecular flexibility index (Phi) is 3.36. The van der Waals surface area contributed by atoms with Gasteiger partial charge in [0.15, 0.2) is 0 Å². The Bertz CT molecular complexity index is 487. The first-order valence-electron chi connectivity index (χ1n) is 5.72. The van der Waals surface area contributed by atoms with E-state index in [1.165, 1.54) is 18.2 Å². The number of phenols is 1. The summed E-state index contributed by atoms with van der Waals surface area (Å²) in [6.07, 6.45) is 1.21. The van der Waals surface area contributed by atoms with Crippen LogP contribution in [0, 0.1) is 0 Å². The van der Waals surface area contributed by atoms with Crippen LogP contribution in [-0.2, 0) is 4.79 Å². The van der Waals surface area contributed by atoms with Gasteiger partial charge in [0.1, 0.15) is 5.75 Å². The number of anilines is 1. The number of rotatable bonds is 3. The topological polar surface area (TPSA) is 104 Å². The van der Waals surface area contributed by atoms with Crippen molar-refractivity contribution >= 4 is 17.5 Å². The van der Waals surface area contributed by atoms with E-state index in [1.807, 2.05) is 0 Å². The monoisotopic (exact) mass is 249 g/mol. The maximum Gasteiger partial charge on any atom is 0.253 e. The second kappa shape index (κ2) is 4.95. The van der Waals surface area contributed by atoms with Crippen LogP contribution >= 0.6 is 0 Å². The normalized spacial score (nSPS) is 18.4. The number of aromatic hydroxyl groups is 1. The maximum atomic E-state index is 11.8. The van der Waals surface area contributed by atoms with Gasteiger partial charge in [0.25, 0.3) is 5.91 Å². The SMILES string of the molecule is Nc1ccc(O)cc1C(=O)NCC1CCC(=O)N1. The smallest absolute Gasteiger partial charge is 0.253 e. The van der Waals surface area contributed by atoms with Crippen LogP contribution in [0.5, 0.6) is 5.75 Å². The summed E-state index contributed by atoms with van der Waals surface area (Å²) in [6.45, 7) is 0.361. The Morgan fingerprint density at radius 3 is 3.00 bits per heavy atom. The summed E-state index contributed by atoms with van der Waals surface area (Å²) in [4.78, 5) is 22.8. The Hall–Kier alpha value is -2.24. The molecule has 5 N–H and O–H groups in total. The lowest BCUT2D eigenvalue weighted by molar-refractivity contribution is -0.119. The second-order valence-corrected chi connectivity index (χ2v) is 4.28. The zero-order valence-electron chi connectivity index (χ0n) is 9.77. The first-order chi connectivity index (χ1) is 8.56.